The Labute approximate surface area is 169 Å². The fourth-order valence-corrected chi connectivity index (χ4v) is 2.94. The lowest BCUT2D eigenvalue weighted by Gasteiger charge is -2.28. The number of hydrogen-bond acceptors (Lipinski definition) is 7. The first kappa shape index (κ1) is 21.6. The minimum Gasteiger partial charge on any atom is -0.495 e. The smallest absolute Gasteiger partial charge is 0.321 e. The van der Waals surface area contributed by atoms with Crippen molar-refractivity contribution in [2.75, 3.05) is 50.7 Å². The van der Waals surface area contributed by atoms with Gasteiger partial charge in [0.05, 0.1) is 37.8 Å². The molecule has 0 unspecified atom stereocenters. The Bertz CT molecular complexity index is 925. The molecule has 2 aromatic rings. The predicted molar refractivity (Wildman–Crippen MR) is 99.4 cm³/mol. The fourth-order valence-electron chi connectivity index (χ4n) is 2.94. The van der Waals surface area contributed by atoms with E-state index in [9.17, 15) is 22.4 Å². The molecule has 30 heavy (non-hydrogen) atoms. The van der Waals surface area contributed by atoms with Crippen LogP contribution in [0.4, 0.5) is 35.0 Å². The van der Waals surface area contributed by atoms with Crippen LogP contribution in [0.1, 0.15) is 10.4 Å². The van der Waals surface area contributed by atoms with Crippen molar-refractivity contribution < 1.29 is 31.8 Å². The normalized spacial score (nSPS) is 14.0. The Morgan fingerprint density at radius 3 is 2.57 bits per heavy atom. The third-order valence-corrected chi connectivity index (χ3v) is 4.44. The molecule has 1 aliphatic rings. The number of alkyl halides is 2. The third-order valence-electron chi connectivity index (χ3n) is 4.44. The molecule has 1 aliphatic heterocycles. The number of carbonyl (C=O) groups excluding carboxylic acids is 1. The zero-order valence-electron chi connectivity index (χ0n) is 16.2. The highest BCUT2D eigenvalue weighted by Crippen LogP contribution is 2.37. The van der Waals surface area contributed by atoms with Gasteiger partial charge in [-0.3, -0.25) is 4.79 Å². The molecule has 3 rings (SSSR count). The molecule has 12 heteroatoms. The number of nitrogens with one attached hydrogen (secondary N) is 1. The second-order valence-corrected chi connectivity index (χ2v) is 6.17. The van der Waals surface area contributed by atoms with E-state index in [0.29, 0.717) is 19.4 Å². The molecule has 0 atom stereocenters. The maximum atomic E-state index is 14.8. The summed E-state index contributed by atoms with van der Waals surface area (Å²) in [4.78, 5) is 21.6. The summed E-state index contributed by atoms with van der Waals surface area (Å²) in [6.07, 6.45) is 0.711. The summed E-state index contributed by atoms with van der Waals surface area (Å²) in [5, 5.41) is 2.42. The van der Waals surface area contributed by atoms with Crippen molar-refractivity contribution in [1.82, 2.24) is 14.9 Å². The first-order valence-corrected chi connectivity index (χ1v) is 8.89. The summed E-state index contributed by atoms with van der Waals surface area (Å²) in [7, 11) is 2.54. The van der Waals surface area contributed by atoms with Crippen LogP contribution in [-0.4, -0.2) is 67.8 Å². The van der Waals surface area contributed by atoms with Gasteiger partial charge in [-0.1, -0.05) is 0 Å². The number of carbonyl (C=O) groups is 1. The van der Waals surface area contributed by atoms with Crippen molar-refractivity contribution in [3.05, 3.63) is 35.5 Å². The number of anilines is 3. The zero-order valence-corrected chi connectivity index (χ0v) is 16.2. The Kier molecular flexibility index (Phi) is 6.55. The molecular weight excluding hydrogens is 410 g/mol. The molecular formula is C18H19F4N5O3. The Morgan fingerprint density at radius 2 is 1.97 bits per heavy atom. The lowest BCUT2D eigenvalue weighted by Crippen LogP contribution is -2.41. The van der Waals surface area contributed by atoms with E-state index in [1.165, 1.54) is 19.1 Å². The van der Waals surface area contributed by atoms with Gasteiger partial charge in [0, 0.05) is 26.2 Å². The van der Waals surface area contributed by atoms with Gasteiger partial charge < -0.3 is 19.7 Å². The van der Waals surface area contributed by atoms with Crippen LogP contribution >= 0.6 is 0 Å². The summed E-state index contributed by atoms with van der Waals surface area (Å²) in [6, 6.07) is 1.78. The monoisotopic (exact) mass is 429 g/mol. The highest BCUT2D eigenvalue weighted by molar-refractivity contribution is 5.96. The molecule has 0 saturated carbocycles. The topological polar surface area (TPSA) is 79.8 Å². The van der Waals surface area contributed by atoms with E-state index < -0.39 is 35.7 Å². The number of amides is 1. The van der Waals surface area contributed by atoms with Crippen molar-refractivity contribution >= 4 is 23.4 Å². The summed E-state index contributed by atoms with van der Waals surface area (Å²) in [5.41, 5.74) is -0.750. The van der Waals surface area contributed by atoms with Crippen LogP contribution in [0.3, 0.4) is 0 Å². The molecule has 0 bridgehead atoms. The van der Waals surface area contributed by atoms with Gasteiger partial charge in [0.2, 0.25) is 5.95 Å². The first-order chi connectivity index (χ1) is 14.4. The van der Waals surface area contributed by atoms with Crippen molar-refractivity contribution in [2.45, 2.75) is 6.55 Å². The number of benzene rings is 1. The van der Waals surface area contributed by atoms with Crippen LogP contribution in [0.5, 0.6) is 5.75 Å². The fraction of sp³-hybridized carbons (Fsp3) is 0.389. The van der Waals surface area contributed by atoms with E-state index in [4.69, 9.17) is 9.47 Å². The number of hydrogen-bond donors (Lipinski definition) is 1. The number of ether oxygens (including phenoxy) is 2. The molecule has 1 amide bonds. The average Bonchev–Trinajstić information content (AvgIpc) is 2.75. The molecule has 1 aromatic carbocycles. The number of halogens is 4. The molecule has 8 nitrogen and oxygen atoms in total. The van der Waals surface area contributed by atoms with Gasteiger partial charge in [0.25, 0.3) is 5.91 Å². The van der Waals surface area contributed by atoms with E-state index in [1.54, 1.807) is 0 Å². The summed E-state index contributed by atoms with van der Waals surface area (Å²) in [6.45, 7) is -2.02. The van der Waals surface area contributed by atoms with Gasteiger partial charge in [0.1, 0.15) is 11.6 Å². The standard InChI is InChI=1S/C18H19F4N5O3/c1-23-15-12(20)9-24-18(25-15)27(17(21)22)13-8-11(19)10(7-14(13)29-2)16(28)26-3-5-30-6-4-26/h7-9,17H,3-6H2,1-2H3,(H,23,24,25). The Hall–Kier alpha value is -3.15. The van der Waals surface area contributed by atoms with Gasteiger partial charge in [-0.05, 0) is 6.07 Å². The van der Waals surface area contributed by atoms with Crippen LogP contribution < -0.4 is 15.0 Å². The van der Waals surface area contributed by atoms with Crippen LogP contribution in [0.2, 0.25) is 0 Å². The molecule has 1 fully saturated rings. The Morgan fingerprint density at radius 1 is 1.27 bits per heavy atom. The maximum absolute atomic E-state index is 14.8. The highest BCUT2D eigenvalue weighted by Gasteiger charge is 2.30. The van der Waals surface area contributed by atoms with Crippen LogP contribution in [0.25, 0.3) is 0 Å². The van der Waals surface area contributed by atoms with Gasteiger partial charge >= 0.3 is 6.55 Å². The van der Waals surface area contributed by atoms with Crippen molar-refractivity contribution in [2.24, 2.45) is 0 Å². The largest absolute Gasteiger partial charge is 0.495 e. The molecule has 162 valence electrons. The molecule has 0 spiro atoms. The highest BCUT2D eigenvalue weighted by atomic mass is 19.3. The van der Waals surface area contributed by atoms with Gasteiger partial charge in [0.15, 0.2) is 11.6 Å². The number of rotatable bonds is 6. The number of morpholine rings is 1. The van der Waals surface area contributed by atoms with Crippen LogP contribution in [0.15, 0.2) is 18.3 Å². The van der Waals surface area contributed by atoms with E-state index in [-0.39, 0.29) is 35.1 Å². The lowest BCUT2D eigenvalue weighted by atomic mass is 10.1. The van der Waals surface area contributed by atoms with Crippen molar-refractivity contribution in [3.63, 3.8) is 0 Å². The molecule has 0 aliphatic carbocycles. The van der Waals surface area contributed by atoms with Crippen molar-refractivity contribution in [1.29, 1.82) is 0 Å². The molecule has 0 radical (unpaired) electrons. The first-order valence-electron chi connectivity index (χ1n) is 8.89. The van der Waals surface area contributed by atoms with Crippen LogP contribution in [0, 0.1) is 11.6 Å². The zero-order chi connectivity index (χ0) is 21.8. The van der Waals surface area contributed by atoms with Crippen molar-refractivity contribution in [3.8, 4) is 5.75 Å². The van der Waals surface area contributed by atoms with Gasteiger partial charge in [-0.15, -0.1) is 0 Å². The maximum Gasteiger partial charge on any atom is 0.321 e. The minimum absolute atomic E-state index is 0.202. The minimum atomic E-state index is -3.21. The van der Waals surface area contributed by atoms with Gasteiger partial charge in [-0.2, -0.15) is 13.8 Å². The second-order valence-electron chi connectivity index (χ2n) is 6.17. The summed E-state index contributed by atoms with van der Waals surface area (Å²) >= 11 is 0. The molecule has 2 heterocycles. The third kappa shape index (κ3) is 4.22. The van der Waals surface area contributed by atoms with E-state index in [2.05, 4.69) is 15.3 Å². The SMILES string of the molecule is CNc1nc(N(c2cc(F)c(C(=O)N3CCOCC3)cc2OC)C(F)F)ncc1F. The predicted octanol–water partition coefficient (Wildman–Crippen LogP) is 2.64. The summed E-state index contributed by atoms with van der Waals surface area (Å²) < 4.78 is 66.5. The summed E-state index contributed by atoms with van der Waals surface area (Å²) in [5.74, 6) is -3.58. The van der Waals surface area contributed by atoms with E-state index >= 15 is 0 Å². The Balaban J connectivity index is 2.05. The quantitative estimate of drug-likeness (QED) is 0.559. The van der Waals surface area contributed by atoms with E-state index in [1.807, 2.05) is 0 Å². The number of nitrogens with zero attached hydrogens (tertiary/aromatic N) is 4. The molecule has 1 N–H and O–H groups in total. The number of methoxy groups -OCH3 is 1. The van der Waals surface area contributed by atoms with Gasteiger partial charge in [-0.25, -0.2) is 18.7 Å². The molecule has 1 aromatic heterocycles. The van der Waals surface area contributed by atoms with E-state index in [0.717, 1.165) is 12.1 Å². The number of aromatic nitrogens is 2. The molecule has 1 saturated heterocycles. The second kappa shape index (κ2) is 9.11. The van der Waals surface area contributed by atoms with Crippen LogP contribution in [-0.2, 0) is 4.74 Å². The average molecular weight is 429 g/mol. The lowest BCUT2D eigenvalue weighted by molar-refractivity contribution is 0.0299.